The highest BCUT2D eigenvalue weighted by Gasteiger charge is 2.42. The summed E-state index contributed by atoms with van der Waals surface area (Å²) in [4.78, 5) is 1.81. The van der Waals surface area contributed by atoms with Crippen molar-refractivity contribution in [3.63, 3.8) is 0 Å². The van der Waals surface area contributed by atoms with Crippen LogP contribution in [0, 0.1) is 11.3 Å². The number of aliphatic hydroxyl groups excluding tert-OH is 3. The van der Waals surface area contributed by atoms with Crippen LogP contribution in [0.15, 0.2) is 29.2 Å². The number of hydrogen-bond donors (Lipinski definition) is 4. The van der Waals surface area contributed by atoms with Crippen LogP contribution >= 0.6 is 0 Å². The first-order valence-corrected chi connectivity index (χ1v) is 11.9. The molecule has 170 valence electrons. The summed E-state index contributed by atoms with van der Waals surface area (Å²) < 4.78 is 32.8. The van der Waals surface area contributed by atoms with Crippen molar-refractivity contribution in [2.24, 2.45) is 0 Å². The maximum atomic E-state index is 12.6. The maximum absolute atomic E-state index is 12.6. The number of nitrogens with zero attached hydrogens (tertiary/aromatic N) is 2. The van der Waals surface area contributed by atoms with Crippen LogP contribution in [0.4, 0.5) is 5.69 Å². The first-order valence-electron chi connectivity index (χ1n) is 10.4. The lowest BCUT2D eigenvalue weighted by Gasteiger charge is -2.39. The Morgan fingerprint density at radius 3 is 2.42 bits per heavy atom. The molecular formula is C21H29N3O6S. The van der Waals surface area contributed by atoms with Crippen LogP contribution in [0.2, 0.25) is 0 Å². The number of sulfonamides is 1. The molecular weight excluding hydrogens is 422 g/mol. The van der Waals surface area contributed by atoms with E-state index in [4.69, 9.17) is 4.74 Å². The van der Waals surface area contributed by atoms with Crippen LogP contribution in [-0.2, 0) is 14.8 Å². The summed E-state index contributed by atoms with van der Waals surface area (Å²) in [5, 5.41) is 39.0. The Morgan fingerprint density at radius 1 is 1.16 bits per heavy atom. The third kappa shape index (κ3) is 5.63. The van der Waals surface area contributed by atoms with E-state index in [9.17, 15) is 29.0 Å². The predicted octanol–water partition coefficient (Wildman–Crippen LogP) is 0.331. The number of nitriles is 1. The van der Waals surface area contributed by atoms with Gasteiger partial charge in [0.15, 0.2) is 4.91 Å². The zero-order valence-corrected chi connectivity index (χ0v) is 18.2. The maximum Gasteiger partial charge on any atom is 0.250 e. The van der Waals surface area contributed by atoms with Gasteiger partial charge in [-0.25, -0.2) is 13.1 Å². The van der Waals surface area contributed by atoms with Crippen molar-refractivity contribution < 1.29 is 28.5 Å². The first kappa shape index (κ1) is 23.7. The summed E-state index contributed by atoms with van der Waals surface area (Å²) >= 11 is 0. The molecule has 0 aromatic heterocycles. The van der Waals surface area contributed by atoms with Crippen LogP contribution in [0.1, 0.15) is 31.7 Å². The zero-order valence-electron chi connectivity index (χ0n) is 17.4. The number of nitrogens with one attached hydrogen (secondary N) is 1. The number of piperidine rings is 1. The minimum atomic E-state index is -4.17. The Hall–Kier alpha value is -2.00. The fourth-order valence-electron chi connectivity index (χ4n) is 3.83. The molecule has 0 spiro atoms. The molecule has 5 atom stereocenters. The molecule has 4 N–H and O–H groups in total. The van der Waals surface area contributed by atoms with Gasteiger partial charge in [-0.05, 0) is 50.0 Å². The minimum Gasteiger partial charge on any atom is -0.388 e. The quantitative estimate of drug-likeness (QED) is 0.453. The van der Waals surface area contributed by atoms with Gasteiger partial charge in [-0.1, -0.05) is 12.1 Å². The van der Waals surface area contributed by atoms with Crippen molar-refractivity contribution in [1.82, 2.24) is 4.72 Å². The normalized spacial score (nSPS) is 30.1. The smallest absolute Gasteiger partial charge is 0.250 e. The molecule has 0 radical (unpaired) electrons. The Balaban J connectivity index is 1.67. The molecule has 2 heterocycles. The molecule has 0 amide bonds. The Morgan fingerprint density at radius 2 is 1.81 bits per heavy atom. The molecule has 1 unspecified atom stereocenters. The van der Waals surface area contributed by atoms with E-state index in [0.717, 1.165) is 31.6 Å². The van der Waals surface area contributed by atoms with Crippen LogP contribution < -0.4 is 9.62 Å². The second-order valence-electron chi connectivity index (χ2n) is 7.96. The first-order chi connectivity index (χ1) is 14.7. The summed E-state index contributed by atoms with van der Waals surface area (Å²) in [6, 6.07) is 9.05. The summed E-state index contributed by atoms with van der Waals surface area (Å²) in [6.45, 7) is 3.15. The monoisotopic (exact) mass is 451 g/mol. The van der Waals surface area contributed by atoms with E-state index in [1.807, 2.05) is 12.1 Å². The van der Waals surface area contributed by atoms with Crippen LogP contribution in [0.25, 0.3) is 6.08 Å². The molecule has 9 nitrogen and oxygen atoms in total. The molecule has 2 fully saturated rings. The molecule has 2 aliphatic rings. The highest BCUT2D eigenvalue weighted by atomic mass is 32.2. The SMILES string of the molecule is CC1O[C@H](CNS(=O)(=O)/C(C#N)=C/c2ccc(N3CCCCC3)cc2)[C@@H](O)[C@H](O)[C@H]1O. The van der Waals surface area contributed by atoms with Crippen molar-refractivity contribution in [2.75, 3.05) is 24.5 Å². The van der Waals surface area contributed by atoms with Gasteiger partial charge < -0.3 is 25.0 Å². The molecule has 1 aromatic rings. The van der Waals surface area contributed by atoms with Crippen LogP contribution in [0.3, 0.4) is 0 Å². The van der Waals surface area contributed by atoms with Gasteiger partial charge in [-0.3, -0.25) is 0 Å². The molecule has 2 saturated heterocycles. The van der Waals surface area contributed by atoms with Gasteiger partial charge in [0.2, 0.25) is 0 Å². The van der Waals surface area contributed by atoms with Crippen molar-refractivity contribution in [2.45, 2.75) is 56.7 Å². The number of aliphatic hydroxyl groups is 3. The van der Waals surface area contributed by atoms with Crippen molar-refractivity contribution in [3.8, 4) is 6.07 Å². The highest BCUT2D eigenvalue weighted by Crippen LogP contribution is 2.23. The van der Waals surface area contributed by atoms with E-state index >= 15 is 0 Å². The zero-order chi connectivity index (χ0) is 22.6. The molecule has 0 aliphatic carbocycles. The van der Waals surface area contributed by atoms with Gasteiger partial charge in [-0.15, -0.1) is 0 Å². The second-order valence-corrected chi connectivity index (χ2v) is 9.70. The largest absolute Gasteiger partial charge is 0.388 e. The van der Waals surface area contributed by atoms with E-state index < -0.39 is 45.4 Å². The summed E-state index contributed by atoms with van der Waals surface area (Å²) in [5.41, 5.74) is 1.64. The molecule has 10 heteroatoms. The molecule has 0 saturated carbocycles. The van der Waals surface area contributed by atoms with Crippen molar-refractivity contribution >= 4 is 21.8 Å². The second kappa shape index (κ2) is 10.1. The van der Waals surface area contributed by atoms with E-state index in [0.29, 0.717) is 5.56 Å². The van der Waals surface area contributed by atoms with Gasteiger partial charge in [0, 0.05) is 25.3 Å². The summed E-state index contributed by atoms with van der Waals surface area (Å²) in [6.07, 6.45) is -1.23. The third-order valence-electron chi connectivity index (χ3n) is 5.74. The van der Waals surface area contributed by atoms with Crippen molar-refractivity contribution in [1.29, 1.82) is 5.26 Å². The number of ether oxygens (including phenoxy) is 1. The van der Waals surface area contributed by atoms with Gasteiger partial charge in [-0.2, -0.15) is 5.26 Å². The number of rotatable bonds is 6. The van der Waals surface area contributed by atoms with Gasteiger partial charge in [0.1, 0.15) is 30.5 Å². The highest BCUT2D eigenvalue weighted by molar-refractivity contribution is 7.93. The minimum absolute atomic E-state index is 0.357. The molecule has 1 aromatic carbocycles. The topological polar surface area (TPSA) is 143 Å². The lowest BCUT2D eigenvalue weighted by atomic mass is 9.96. The van der Waals surface area contributed by atoms with Gasteiger partial charge in [0.05, 0.1) is 6.10 Å². The molecule has 0 bridgehead atoms. The van der Waals surface area contributed by atoms with Gasteiger partial charge in [0.25, 0.3) is 10.0 Å². The lowest BCUT2D eigenvalue weighted by Crippen LogP contribution is -2.59. The Kier molecular flexibility index (Phi) is 7.69. The van der Waals surface area contributed by atoms with Crippen molar-refractivity contribution in [3.05, 3.63) is 34.7 Å². The Labute approximate surface area is 182 Å². The van der Waals surface area contributed by atoms with Crippen LogP contribution in [0.5, 0.6) is 0 Å². The van der Waals surface area contributed by atoms with E-state index in [1.165, 1.54) is 19.4 Å². The third-order valence-corrected chi connectivity index (χ3v) is 7.07. The molecule has 31 heavy (non-hydrogen) atoms. The predicted molar refractivity (Wildman–Crippen MR) is 115 cm³/mol. The number of anilines is 1. The van der Waals surface area contributed by atoms with E-state index in [2.05, 4.69) is 9.62 Å². The van der Waals surface area contributed by atoms with E-state index in [-0.39, 0.29) is 6.54 Å². The fourth-order valence-corrected chi connectivity index (χ4v) is 4.78. The van der Waals surface area contributed by atoms with Crippen LogP contribution in [-0.4, -0.2) is 73.9 Å². The Bertz CT molecular complexity index is 921. The number of benzene rings is 1. The summed E-state index contributed by atoms with van der Waals surface area (Å²) in [7, 11) is -4.17. The van der Waals surface area contributed by atoms with Gasteiger partial charge >= 0.3 is 0 Å². The molecule has 3 rings (SSSR count). The van der Waals surface area contributed by atoms with E-state index in [1.54, 1.807) is 18.2 Å². The lowest BCUT2D eigenvalue weighted by molar-refractivity contribution is -0.214. The average Bonchev–Trinajstić information content (AvgIpc) is 2.78. The standard InChI is InChI=1S/C21H29N3O6S/c1-14-19(25)21(27)20(26)18(30-14)13-23-31(28,29)17(12-22)11-15-5-7-16(8-6-15)24-9-3-2-4-10-24/h5-8,11,14,18-21,23,25-27H,2-4,9-10,13H2,1H3/b17-11+/t14?,18-,19+,20-,21-/m1/s1. The number of hydrogen-bond acceptors (Lipinski definition) is 8. The molecule has 2 aliphatic heterocycles. The summed E-state index contributed by atoms with van der Waals surface area (Å²) in [5.74, 6) is 0. The fraction of sp³-hybridized carbons (Fsp3) is 0.571. The average molecular weight is 452 g/mol. The number of allylic oxidation sites excluding steroid dienone is 1.